The molecule has 2 heterocycles. The van der Waals surface area contributed by atoms with Crippen LogP contribution in [-0.4, -0.2) is 60.0 Å². The Labute approximate surface area is 200 Å². The third-order valence-electron chi connectivity index (χ3n) is 5.59. The predicted octanol–water partition coefficient (Wildman–Crippen LogP) is 4.33. The molecular weight excluding hydrogens is 430 g/mol. The Kier molecular flexibility index (Phi) is 7.62. The Morgan fingerprint density at radius 3 is 2.36 bits per heavy atom. The van der Waals surface area contributed by atoms with Gasteiger partial charge in [-0.2, -0.15) is 0 Å². The molecule has 1 aliphatic heterocycles. The molecule has 1 fully saturated rings. The first-order valence-electron chi connectivity index (χ1n) is 11.4. The molecule has 0 bridgehead atoms. The normalized spacial score (nSPS) is 14.5. The van der Waals surface area contributed by atoms with Crippen LogP contribution in [0.2, 0.25) is 0 Å². The zero-order valence-electron chi connectivity index (χ0n) is 19.5. The van der Waals surface area contributed by atoms with Crippen molar-refractivity contribution >= 4 is 23.5 Å². The van der Waals surface area contributed by atoms with Gasteiger partial charge in [-0.15, -0.1) is 0 Å². The van der Waals surface area contributed by atoms with Crippen LogP contribution < -0.4 is 10.2 Å². The summed E-state index contributed by atoms with van der Waals surface area (Å²) in [4.78, 5) is 26.6. The average molecular weight is 462 g/mol. The van der Waals surface area contributed by atoms with E-state index >= 15 is 0 Å². The molecule has 1 N–H and O–H groups in total. The maximum atomic E-state index is 12.2. The first-order chi connectivity index (χ1) is 16.0. The fourth-order valence-corrected chi connectivity index (χ4v) is 4.49. The minimum atomic E-state index is -0.0417. The molecule has 7 heteroatoms. The SMILES string of the molecule is CC(C)NC(=O)c1ccc(CSc2nc(-c3ccccc3)cc(N3CCN(C)CC3)n2)cc1. The van der Waals surface area contributed by atoms with Crippen molar-refractivity contribution in [2.75, 3.05) is 38.1 Å². The highest BCUT2D eigenvalue weighted by atomic mass is 32.2. The Morgan fingerprint density at radius 1 is 1.00 bits per heavy atom. The summed E-state index contributed by atoms with van der Waals surface area (Å²) in [6.45, 7) is 7.91. The van der Waals surface area contributed by atoms with E-state index < -0.39 is 0 Å². The Hall–Kier alpha value is -2.90. The molecule has 1 saturated heterocycles. The number of rotatable bonds is 7. The van der Waals surface area contributed by atoms with Gasteiger partial charge < -0.3 is 15.1 Å². The number of carbonyl (C=O) groups is 1. The number of piperazine rings is 1. The molecule has 0 aliphatic carbocycles. The molecule has 0 saturated carbocycles. The third-order valence-corrected chi connectivity index (χ3v) is 6.51. The van der Waals surface area contributed by atoms with Crippen LogP contribution in [-0.2, 0) is 5.75 Å². The number of nitrogens with zero attached hydrogens (tertiary/aromatic N) is 4. The number of benzene rings is 2. The zero-order valence-corrected chi connectivity index (χ0v) is 20.3. The van der Waals surface area contributed by atoms with E-state index in [1.165, 1.54) is 0 Å². The van der Waals surface area contributed by atoms with Crippen LogP contribution in [0.5, 0.6) is 0 Å². The summed E-state index contributed by atoms with van der Waals surface area (Å²) >= 11 is 1.63. The van der Waals surface area contributed by atoms with Gasteiger partial charge in [0.1, 0.15) is 5.82 Å². The summed E-state index contributed by atoms with van der Waals surface area (Å²) in [7, 11) is 2.16. The van der Waals surface area contributed by atoms with E-state index in [1.807, 2.05) is 56.3 Å². The predicted molar refractivity (Wildman–Crippen MR) is 136 cm³/mol. The van der Waals surface area contributed by atoms with Crippen molar-refractivity contribution < 1.29 is 4.79 Å². The topological polar surface area (TPSA) is 61.4 Å². The van der Waals surface area contributed by atoms with Crippen molar-refractivity contribution in [1.29, 1.82) is 0 Å². The smallest absolute Gasteiger partial charge is 0.251 e. The van der Waals surface area contributed by atoms with Crippen molar-refractivity contribution in [2.24, 2.45) is 0 Å². The first kappa shape index (κ1) is 23.3. The van der Waals surface area contributed by atoms with Crippen LogP contribution in [0.1, 0.15) is 29.8 Å². The lowest BCUT2D eigenvalue weighted by Crippen LogP contribution is -2.44. The molecule has 4 rings (SSSR count). The number of nitrogens with one attached hydrogen (secondary N) is 1. The highest BCUT2D eigenvalue weighted by Crippen LogP contribution is 2.28. The van der Waals surface area contributed by atoms with Crippen LogP contribution in [0.4, 0.5) is 5.82 Å². The number of aromatic nitrogens is 2. The summed E-state index contributed by atoms with van der Waals surface area (Å²) in [5.74, 6) is 1.69. The summed E-state index contributed by atoms with van der Waals surface area (Å²) in [6, 6.07) is 20.3. The van der Waals surface area contributed by atoms with E-state index in [9.17, 15) is 4.79 Å². The molecule has 1 aliphatic rings. The number of anilines is 1. The van der Waals surface area contributed by atoms with Gasteiger partial charge in [-0.3, -0.25) is 4.79 Å². The summed E-state index contributed by atoms with van der Waals surface area (Å²) in [6.07, 6.45) is 0. The molecule has 33 heavy (non-hydrogen) atoms. The van der Waals surface area contributed by atoms with Crippen LogP contribution in [0.3, 0.4) is 0 Å². The highest BCUT2D eigenvalue weighted by Gasteiger charge is 2.18. The van der Waals surface area contributed by atoms with Crippen LogP contribution >= 0.6 is 11.8 Å². The average Bonchev–Trinajstić information content (AvgIpc) is 2.83. The second kappa shape index (κ2) is 10.8. The molecule has 2 aromatic carbocycles. The number of thioether (sulfide) groups is 1. The molecule has 3 aromatic rings. The lowest BCUT2D eigenvalue weighted by atomic mass is 10.1. The third kappa shape index (κ3) is 6.33. The first-order valence-corrected chi connectivity index (χ1v) is 12.4. The minimum absolute atomic E-state index is 0.0417. The fraction of sp³-hybridized carbons (Fsp3) is 0.346. The molecule has 1 aromatic heterocycles. The number of likely N-dealkylation sites (N-methyl/N-ethyl adjacent to an activating group) is 1. The van der Waals surface area contributed by atoms with Crippen LogP contribution in [0.15, 0.2) is 65.8 Å². The Morgan fingerprint density at radius 2 is 1.70 bits per heavy atom. The molecule has 0 atom stereocenters. The lowest BCUT2D eigenvalue weighted by Gasteiger charge is -2.33. The number of carbonyl (C=O) groups excluding carboxylic acids is 1. The van der Waals surface area contributed by atoms with Gasteiger partial charge in [-0.05, 0) is 38.6 Å². The minimum Gasteiger partial charge on any atom is -0.354 e. The van der Waals surface area contributed by atoms with Gasteiger partial charge >= 0.3 is 0 Å². The molecule has 0 spiro atoms. The molecular formula is C26H31N5OS. The lowest BCUT2D eigenvalue weighted by molar-refractivity contribution is 0.0943. The van der Waals surface area contributed by atoms with Crippen molar-refractivity contribution in [1.82, 2.24) is 20.2 Å². The number of hydrogen-bond donors (Lipinski definition) is 1. The quantitative estimate of drug-likeness (QED) is 0.418. The van der Waals surface area contributed by atoms with E-state index in [4.69, 9.17) is 9.97 Å². The van der Waals surface area contributed by atoms with Gasteiger partial charge in [0.15, 0.2) is 5.16 Å². The van der Waals surface area contributed by atoms with E-state index in [1.54, 1.807) is 11.8 Å². The molecule has 6 nitrogen and oxygen atoms in total. The van der Waals surface area contributed by atoms with Gasteiger partial charge in [0.2, 0.25) is 0 Å². The largest absolute Gasteiger partial charge is 0.354 e. The van der Waals surface area contributed by atoms with Crippen molar-refractivity contribution in [3.63, 3.8) is 0 Å². The van der Waals surface area contributed by atoms with Gasteiger partial charge in [0.05, 0.1) is 5.69 Å². The highest BCUT2D eigenvalue weighted by molar-refractivity contribution is 7.98. The Balaban J connectivity index is 1.51. The molecule has 0 unspecified atom stereocenters. The summed E-state index contributed by atoms with van der Waals surface area (Å²) in [5.41, 5.74) is 3.86. The number of hydrogen-bond acceptors (Lipinski definition) is 6. The summed E-state index contributed by atoms with van der Waals surface area (Å²) in [5, 5.41) is 3.70. The molecule has 0 radical (unpaired) electrons. The van der Waals surface area contributed by atoms with Crippen LogP contribution in [0.25, 0.3) is 11.3 Å². The second-order valence-electron chi connectivity index (χ2n) is 8.66. The van der Waals surface area contributed by atoms with Gasteiger partial charge in [0.25, 0.3) is 5.91 Å². The van der Waals surface area contributed by atoms with E-state index in [0.29, 0.717) is 5.56 Å². The number of amides is 1. The van der Waals surface area contributed by atoms with Gasteiger partial charge in [-0.25, -0.2) is 9.97 Å². The van der Waals surface area contributed by atoms with Crippen molar-refractivity contribution in [3.8, 4) is 11.3 Å². The molecule has 172 valence electrons. The van der Waals surface area contributed by atoms with Gasteiger partial charge in [-0.1, -0.05) is 54.2 Å². The van der Waals surface area contributed by atoms with E-state index in [2.05, 4.69) is 40.4 Å². The van der Waals surface area contributed by atoms with Gasteiger partial charge in [0, 0.05) is 55.2 Å². The fourth-order valence-electron chi connectivity index (χ4n) is 3.68. The second-order valence-corrected chi connectivity index (χ2v) is 9.61. The summed E-state index contributed by atoms with van der Waals surface area (Å²) < 4.78 is 0. The molecule has 1 amide bonds. The van der Waals surface area contributed by atoms with Crippen molar-refractivity contribution in [3.05, 3.63) is 71.8 Å². The van der Waals surface area contributed by atoms with Crippen LogP contribution in [0, 0.1) is 0 Å². The maximum absolute atomic E-state index is 12.2. The van der Waals surface area contributed by atoms with E-state index in [0.717, 1.165) is 59.7 Å². The monoisotopic (exact) mass is 461 g/mol. The van der Waals surface area contributed by atoms with Crippen molar-refractivity contribution in [2.45, 2.75) is 30.8 Å². The van der Waals surface area contributed by atoms with E-state index in [-0.39, 0.29) is 11.9 Å². The maximum Gasteiger partial charge on any atom is 0.251 e. The standard InChI is InChI=1S/C26H31N5OS/c1-19(2)27-25(32)22-11-9-20(10-12-22)18-33-26-28-23(21-7-5-4-6-8-21)17-24(29-26)31-15-13-30(3)14-16-31/h4-12,17,19H,13-16,18H2,1-3H3,(H,27,32). The Bertz CT molecular complexity index is 1060. The zero-order chi connectivity index (χ0) is 23.2.